The fraction of sp³-hybridized carbons (Fsp3) is 0.462. The third-order valence-corrected chi connectivity index (χ3v) is 2.92. The molecular weight excluding hydrogens is 218 g/mol. The normalized spacial score (nSPS) is 24.1. The van der Waals surface area contributed by atoms with E-state index in [2.05, 4.69) is 5.32 Å². The molecule has 1 amide bonds. The number of carbonyl (C=O) groups excluding carboxylic acids is 1. The second-order valence-electron chi connectivity index (χ2n) is 4.54. The molecule has 0 spiro atoms. The zero-order valence-corrected chi connectivity index (χ0v) is 10.3. The smallest absolute Gasteiger partial charge is 0.252 e. The van der Waals surface area contributed by atoms with E-state index in [1.807, 2.05) is 30.3 Å². The van der Waals surface area contributed by atoms with Crippen molar-refractivity contribution in [3.8, 4) is 0 Å². The van der Waals surface area contributed by atoms with Gasteiger partial charge < -0.3 is 14.8 Å². The van der Waals surface area contributed by atoms with Crippen LogP contribution in [0.25, 0.3) is 0 Å². The molecule has 1 heterocycles. The molecule has 2 atom stereocenters. The molecule has 0 radical (unpaired) electrons. The van der Waals surface area contributed by atoms with Crippen molar-refractivity contribution in [2.24, 2.45) is 0 Å². The van der Waals surface area contributed by atoms with Crippen molar-refractivity contribution in [2.45, 2.75) is 31.8 Å². The monoisotopic (exact) mass is 235 g/mol. The lowest BCUT2D eigenvalue weighted by Crippen LogP contribution is -2.59. The maximum atomic E-state index is 11.5. The van der Waals surface area contributed by atoms with Crippen LogP contribution in [0.15, 0.2) is 30.3 Å². The van der Waals surface area contributed by atoms with Gasteiger partial charge in [0.25, 0.3) is 5.91 Å². The molecular formula is C13H17NO3. The van der Waals surface area contributed by atoms with Gasteiger partial charge in [0.2, 0.25) is 0 Å². The van der Waals surface area contributed by atoms with Crippen molar-refractivity contribution < 1.29 is 14.3 Å². The maximum Gasteiger partial charge on any atom is 0.252 e. The van der Waals surface area contributed by atoms with Crippen LogP contribution in [-0.4, -0.2) is 24.9 Å². The lowest BCUT2D eigenvalue weighted by Gasteiger charge is -2.40. The average Bonchev–Trinajstić information content (AvgIpc) is 2.34. The van der Waals surface area contributed by atoms with Gasteiger partial charge in [0.05, 0.1) is 6.04 Å². The summed E-state index contributed by atoms with van der Waals surface area (Å²) in [5.74, 6) is -0.848. The van der Waals surface area contributed by atoms with E-state index in [9.17, 15) is 4.79 Å². The van der Waals surface area contributed by atoms with Gasteiger partial charge in [-0.3, -0.25) is 4.79 Å². The van der Waals surface area contributed by atoms with Crippen molar-refractivity contribution in [1.29, 1.82) is 0 Å². The third-order valence-electron chi connectivity index (χ3n) is 2.92. The van der Waals surface area contributed by atoms with E-state index in [1.54, 1.807) is 21.0 Å². The summed E-state index contributed by atoms with van der Waals surface area (Å²) in [7, 11) is 1.56. The van der Waals surface area contributed by atoms with Gasteiger partial charge in [0.15, 0.2) is 11.9 Å². The summed E-state index contributed by atoms with van der Waals surface area (Å²) in [6.45, 7) is 3.58. The molecule has 92 valence electrons. The molecule has 4 nitrogen and oxygen atoms in total. The zero-order valence-electron chi connectivity index (χ0n) is 10.3. The number of amides is 1. The molecule has 1 fully saturated rings. The molecule has 0 bridgehead atoms. The predicted molar refractivity (Wildman–Crippen MR) is 63.3 cm³/mol. The zero-order chi connectivity index (χ0) is 12.5. The van der Waals surface area contributed by atoms with Crippen molar-refractivity contribution in [3.63, 3.8) is 0 Å². The Morgan fingerprint density at radius 1 is 1.24 bits per heavy atom. The Bertz CT molecular complexity index is 402. The molecule has 0 aliphatic carbocycles. The highest BCUT2D eigenvalue weighted by molar-refractivity contribution is 5.88. The summed E-state index contributed by atoms with van der Waals surface area (Å²) in [6.07, 6.45) is -0.479. The second-order valence-corrected chi connectivity index (χ2v) is 4.54. The quantitative estimate of drug-likeness (QED) is 0.637. The maximum absolute atomic E-state index is 11.5. The highest BCUT2D eigenvalue weighted by Crippen LogP contribution is 2.30. The molecule has 1 N–H and O–H groups in total. The second kappa shape index (κ2) is 4.47. The molecule has 4 heteroatoms. The average molecular weight is 235 g/mol. The first-order valence-electron chi connectivity index (χ1n) is 5.62. The van der Waals surface area contributed by atoms with Gasteiger partial charge in [-0.15, -0.1) is 0 Å². The largest absolute Gasteiger partial charge is 0.354 e. The lowest BCUT2D eigenvalue weighted by atomic mass is 9.94. The third kappa shape index (κ3) is 2.48. The van der Waals surface area contributed by atoms with Crippen LogP contribution < -0.4 is 5.32 Å². The Morgan fingerprint density at radius 3 is 2.41 bits per heavy atom. The van der Waals surface area contributed by atoms with E-state index in [0.717, 1.165) is 5.56 Å². The molecule has 0 unspecified atom stereocenters. The number of rotatable bonds is 4. The first-order chi connectivity index (χ1) is 8.03. The molecule has 1 aliphatic heterocycles. The first kappa shape index (κ1) is 12.1. The van der Waals surface area contributed by atoms with Gasteiger partial charge in [-0.1, -0.05) is 30.3 Å². The molecule has 0 aromatic heterocycles. The van der Waals surface area contributed by atoms with Crippen LogP contribution in [0.3, 0.4) is 0 Å². The summed E-state index contributed by atoms with van der Waals surface area (Å²) in [4.78, 5) is 11.5. The van der Waals surface area contributed by atoms with Crippen molar-refractivity contribution in [2.75, 3.05) is 7.11 Å². The van der Waals surface area contributed by atoms with E-state index in [0.29, 0.717) is 0 Å². The summed E-state index contributed by atoms with van der Waals surface area (Å²) in [5.41, 5.74) is 1.05. The summed E-state index contributed by atoms with van der Waals surface area (Å²) < 4.78 is 10.8. The van der Waals surface area contributed by atoms with Crippen molar-refractivity contribution >= 4 is 5.91 Å². The topological polar surface area (TPSA) is 47.6 Å². The Hall–Kier alpha value is -1.39. The van der Waals surface area contributed by atoms with Crippen LogP contribution in [-0.2, 0) is 14.3 Å². The molecule has 17 heavy (non-hydrogen) atoms. The number of methoxy groups -OCH3 is 1. The van der Waals surface area contributed by atoms with Crippen LogP contribution in [0.5, 0.6) is 0 Å². The van der Waals surface area contributed by atoms with Gasteiger partial charge in [-0.05, 0) is 19.4 Å². The number of nitrogens with one attached hydrogen (secondary N) is 1. The molecule has 1 aromatic carbocycles. The van der Waals surface area contributed by atoms with Crippen molar-refractivity contribution in [3.05, 3.63) is 35.9 Å². The first-order valence-corrected chi connectivity index (χ1v) is 5.62. The number of carbonyl (C=O) groups is 1. The Labute approximate surface area is 101 Å². The fourth-order valence-corrected chi connectivity index (χ4v) is 1.76. The van der Waals surface area contributed by atoms with Crippen LogP contribution in [0.1, 0.15) is 25.5 Å². The van der Waals surface area contributed by atoms with Crippen LogP contribution >= 0.6 is 0 Å². The number of ether oxygens (including phenoxy) is 2. The minimum atomic E-state index is -0.755. The lowest BCUT2D eigenvalue weighted by molar-refractivity contribution is -0.238. The summed E-state index contributed by atoms with van der Waals surface area (Å²) in [6, 6.07) is 9.69. The number of hydrogen-bond acceptors (Lipinski definition) is 3. The van der Waals surface area contributed by atoms with Gasteiger partial charge >= 0.3 is 0 Å². The van der Waals surface area contributed by atoms with Gasteiger partial charge in [-0.25, -0.2) is 0 Å². The van der Waals surface area contributed by atoms with E-state index < -0.39 is 11.9 Å². The Balaban J connectivity index is 2.09. The Kier molecular flexibility index (Phi) is 3.17. The molecule has 2 rings (SSSR count). The number of β-lactam (4-membered cyclic amide) rings is 1. The highest BCUT2D eigenvalue weighted by Gasteiger charge is 2.44. The molecule has 1 saturated heterocycles. The van der Waals surface area contributed by atoms with E-state index in [1.165, 1.54) is 0 Å². The highest BCUT2D eigenvalue weighted by atomic mass is 16.7. The predicted octanol–water partition coefficient (Wildman–Crippen LogP) is 1.63. The van der Waals surface area contributed by atoms with Crippen molar-refractivity contribution in [1.82, 2.24) is 5.32 Å². The SMILES string of the molecule is COC(C)(C)O[C@H]1C(=O)N[C@H]1c1ccccc1. The van der Waals surface area contributed by atoms with E-state index in [4.69, 9.17) is 9.47 Å². The van der Waals surface area contributed by atoms with Gasteiger partial charge in [-0.2, -0.15) is 0 Å². The van der Waals surface area contributed by atoms with Gasteiger partial charge in [0, 0.05) is 7.11 Å². The molecule has 0 saturated carbocycles. The van der Waals surface area contributed by atoms with E-state index >= 15 is 0 Å². The standard InChI is InChI=1S/C13H17NO3/c1-13(2,16-3)17-11-10(14-12(11)15)9-7-5-4-6-8-9/h4-8,10-11H,1-3H3,(H,14,15)/t10-,11+/m0/s1. The van der Waals surface area contributed by atoms with E-state index in [-0.39, 0.29) is 11.9 Å². The molecule has 1 aromatic rings. The minimum Gasteiger partial charge on any atom is -0.354 e. The van der Waals surface area contributed by atoms with Gasteiger partial charge in [0.1, 0.15) is 0 Å². The number of benzene rings is 1. The summed E-state index contributed by atoms with van der Waals surface area (Å²) in [5, 5.41) is 2.84. The minimum absolute atomic E-state index is 0.0851. The summed E-state index contributed by atoms with van der Waals surface area (Å²) >= 11 is 0. The van der Waals surface area contributed by atoms with Crippen LogP contribution in [0, 0.1) is 0 Å². The molecule has 1 aliphatic rings. The Morgan fingerprint density at radius 2 is 1.88 bits per heavy atom. The number of hydrogen-bond donors (Lipinski definition) is 1. The van der Waals surface area contributed by atoms with Crippen LogP contribution in [0.4, 0.5) is 0 Å². The van der Waals surface area contributed by atoms with Crippen LogP contribution in [0.2, 0.25) is 0 Å². The fourth-order valence-electron chi connectivity index (χ4n) is 1.76.